The average Bonchev–Trinajstić information content (AvgIpc) is 3.94. The molecule has 6 rings (SSSR count). The number of hydrogen-bond acceptors (Lipinski definition) is 6. The van der Waals surface area contributed by atoms with Crippen molar-refractivity contribution in [3.8, 4) is 0 Å². The summed E-state index contributed by atoms with van der Waals surface area (Å²) in [5.41, 5.74) is 0.931. The van der Waals surface area contributed by atoms with E-state index in [9.17, 15) is 19.2 Å². The Kier molecular flexibility index (Phi) is 10.2. The van der Waals surface area contributed by atoms with Gasteiger partial charge in [-0.3, -0.25) is 23.9 Å². The maximum atomic E-state index is 15.8. The topological polar surface area (TPSA) is 129 Å². The number of nitrogens with zero attached hydrogens (tertiary/aromatic N) is 4. The SMILES string of the molecule is CCn1nccc1C(=O)N[C@H](C(=O)Nc1ccc([C@H](C)[C@@H](NC(=O)C(C)C2CC2)C(=O)N2CCN(C)CC2)cc1F)C(C1CC1)C1CC1. The molecule has 2 heterocycles. The number of hydrogen-bond donors (Lipinski definition) is 3. The Bertz CT molecular complexity index is 1500. The van der Waals surface area contributed by atoms with E-state index in [0.29, 0.717) is 48.6 Å². The van der Waals surface area contributed by atoms with Crippen LogP contribution in [0.1, 0.15) is 81.3 Å². The predicted molar refractivity (Wildman–Crippen MR) is 179 cm³/mol. The third kappa shape index (κ3) is 7.74. The molecule has 1 aromatic heterocycles. The highest BCUT2D eigenvalue weighted by molar-refractivity contribution is 6.01. The monoisotopic (exact) mass is 663 g/mol. The number of likely N-dealkylation sites (N-methyl/N-ethyl adjacent to an activating group) is 1. The fourth-order valence-corrected chi connectivity index (χ4v) is 7.26. The molecule has 3 aliphatic carbocycles. The van der Waals surface area contributed by atoms with Crippen molar-refractivity contribution < 1.29 is 23.6 Å². The van der Waals surface area contributed by atoms with Crippen LogP contribution in [0.5, 0.6) is 0 Å². The summed E-state index contributed by atoms with van der Waals surface area (Å²) in [5, 5.41) is 13.0. The van der Waals surface area contributed by atoms with Crippen LogP contribution < -0.4 is 16.0 Å². The minimum Gasteiger partial charge on any atom is -0.343 e. The molecule has 1 aromatic carbocycles. The molecule has 1 aliphatic heterocycles. The Labute approximate surface area is 282 Å². The normalized spacial score (nSPS) is 20.9. The minimum absolute atomic E-state index is 0.00692. The predicted octanol–water partition coefficient (Wildman–Crippen LogP) is 3.62. The number of halogens is 1. The summed E-state index contributed by atoms with van der Waals surface area (Å²) in [6.07, 6.45) is 7.63. The van der Waals surface area contributed by atoms with Crippen molar-refractivity contribution in [1.29, 1.82) is 0 Å². The van der Waals surface area contributed by atoms with Crippen molar-refractivity contribution in [1.82, 2.24) is 30.2 Å². The van der Waals surface area contributed by atoms with E-state index in [4.69, 9.17) is 0 Å². The standard InChI is InChI=1S/C36H50FN7O4/c1-5-44-29(14-15-38-44)34(46)41-32(30(24-8-9-24)25-10-11-25)35(47)39-28-13-12-26(20-27(28)37)21(2)31(40-33(45)22(3)23-6-7-23)36(48)43-18-16-42(4)17-19-43/h12-15,20-25,30-32H,5-11,16-19H2,1-4H3,(H,39,47)(H,40,45)(H,41,46)/t21-,22?,31+,32-/m0/s1. The number of carbonyl (C=O) groups is 4. The first-order valence-corrected chi connectivity index (χ1v) is 17.8. The summed E-state index contributed by atoms with van der Waals surface area (Å²) in [5.74, 6) is -1.47. The molecule has 4 aliphatic rings. The molecule has 260 valence electrons. The third-order valence-electron chi connectivity index (χ3n) is 10.9. The smallest absolute Gasteiger partial charge is 0.270 e. The van der Waals surface area contributed by atoms with Crippen molar-refractivity contribution in [2.24, 2.45) is 29.6 Å². The number of rotatable bonds is 14. The van der Waals surface area contributed by atoms with E-state index >= 15 is 4.39 Å². The summed E-state index contributed by atoms with van der Waals surface area (Å²) in [4.78, 5) is 58.2. The van der Waals surface area contributed by atoms with Crippen LogP contribution >= 0.6 is 0 Å². The maximum absolute atomic E-state index is 15.8. The van der Waals surface area contributed by atoms with Gasteiger partial charge in [0, 0.05) is 50.8 Å². The lowest BCUT2D eigenvalue weighted by molar-refractivity contribution is -0.139. The lowest BCUT2D eigenvalue weighted by atomic mass is 9.88. The van der Waals surface area contributed by atoms with Crippen LogP contribution in [0.2, 0.25) is 0 Å². The molecule has 0 bridgehead atoms. The van der Waals surface area contributed by atoms with Gasteiger partial charge in [0.05, 0.1) is 5.69 Å². The van der Waals surface area contributed by atoms with E-state index in [-0.39, 0.29) is 35.2 Å². The first-order chi connectivity index (χ1) is 23.0. The van der Waals surface area contributed by atoms with Gasteiger partial charge in [-0.2, -0.15) is 5.10 Å². The number of nitrogens with one attached hydrogen (secondary N) is 3. The van der Waals surface area contributed by atoms with E-state index < -0.39 is 29.7 Å². The summed E-state index contributed by atoms with van der Waals surface area (Å²) in [7, 11) is 2.01. The highest BCUT2D eigenvalue weighted by atomic mass is 19.1. The summed E-state index contributed by atoms with van der Waals surface area (Å²) >= 11 is 0. The van der Waals surface area contributed by atoms with Crippen molar-refractivity contribution in [2.45, 2.75) is 83.8 Å². The van der Waals surface area contributed by atoms with E-state index in [1.165, 1.54) is 12.1 Å². The zero-order valence-electron chi connectivity index (χ0n) is 28.6. The highest BCUT2D eigenvalue weighted by Crippen LogP contribution is 2.51. The van der Waals surface area contributed by atoms with Gasteiger partial charge in [-0.05, 0) is 99.9 Å². The zero-order valence-corrected chi connectivity index (χ0v) is 28.6. The molecule has 4 fully saturated rings. The number of carbonyl (C=O) groups excluding carboxylic acids is 4. The van der Waals surface area contributed by atoms with Gasteiger partial charge in [-0.1, -0.05) is 19.9 Å². The van der Waals surface area contributed by atoms with Crippen LogP contribution in [0.3, 0.4) is 0 Å². The molecule has 1 unspecified atom stereocenters. The Morgan fingerprint density at radius 2 is 1.52 bits per heavy atom. The number of aromatic nitrogens is 2. The van der Waals surface area contributed by atoms with E-state index in [2.05, 4.69) is 25.9 Å². The van der Waals surface area contributed by atoms with Gasteiger partial charge >= 0.3 is 0 Å². The molecule has 3 N–H and O–H groups in total. The summed E-state index contributed by atoms with van der Waals surface area (Å²) < 4.78 is 17.4. The number of aryl methyl sites for hydroxylation is 1. The second-order valence-electron chi connectivity index (χ2n) is 14.5. The lowest BCUT2D eigenvalue weighted by Gasteiger charge is -2.36. The largest absolute Gasteiger partial charge is 0.343 e. The average molecular weight is 664 g/mol. The fraction of sp³-hybridized carbons (Fsp3) is 0.639. The fourth-order valence-electron chi connectivity index (χ4n) is 7.26. The molecule has 0 radical (unpaired) electrons. The number of benzene rings is 1. The van der Waals surface area contributed by atoms with Gasteiger partial charge in [0.1, 0.15) is 23.6 Å². The van der Waals surface area contributed by atoms with Crippen LogP contribution in [0, 0.1) is 35.4 Å². The molecule has 48 heavy (non-hydrogen) atoms. The molecule has 3 saturated carbocycles. The quantitative estimate of drug-likeness (QED) is 0.283. The molecule has 1 saturated heterocycles. The van der Waals surface area contributed by atoms with Gasteiger partial charge < -0.3 is 25.8 Å². The zero-order chi connectivity index (χ0) is 34.1. The Hall–Kier alpha value is -3.80. The summed E-state index contributed by atoms with van der Waals surface area (Å²) in [6.45, 7) is 8.75. The number of anilines is 1. The van der Waals surface area contributed by atoms with E-state index in [1.807, 2.05) is 27.8 Å². The molecule has 11 nitrogen and oxygen atoms in total. The van der Waals surface area contributed by atoms with Crippen LogP contribution in [-0.2, 0) is 20.9 Å². The second kappa shape index (κ2) is 14.4. The van der Waals surface area contributed by atoms with Crippen LogP contribution in [-0.4, -0.2) is 88.5 Å². The first-order valence-electron chi connectivity index (χ1n) is 17.8. The lowest BCUT2D eigenvalue weighted by Crippen LogP contribution is -2.56. The molecule has 2 aromatic rings. The second-order valence-corrected chi connectivity index (χ2v) is 14.5. The van der Waals surface area contributed by atoms with Crippen LogP contribution in [0.15, 0.2) is 30.5 Å². The highest BCUT2D eigenvalue weighted by Gasteiger charge is 2.48. The Balaban J connectivity index is 1.19. The van der Waals surface area contributed by atoms with Gasteiger partial charge in [-0.25, -0.2) is 4.39 Å². The van der Waals surface area contributed by atoms with Crippen molar-refractivity contribution in [2.75, 3.05) is 38.5 Å². The van der Waals surface area contributed by atoms with Gasteiger partial charge in [0.2, 0.25) is 17.7 Å². The van der Waals surface area contributed by atoms with Gasteiger partial charge in [0.25, 0.3) is 5.91 Å². The molecule has 4 amide bonds. The first kappa shape index (κ1) is 34.1. The molecular weight excluding hydrogens is 613 g/mol. The Morgan fingerprint density at radius 3 is 2.10 bits per heavy atom. The van der Waals surface area contributed by atoms with Crippen molar-refractivity contribution >= 4 is 29.3 Å². The van der Waals surface area contributed by atoms with Gasteiger partial charge in [-0.15, -0.1) is 0 Å². The van der Waals surface area contributed by atoms with Crippen molar-refractivity contribution in [3.63, 3.8) is 0 Å². The number of amides is 4. The van der Waals surface area contributed by atoms with Crippen LogP contribution in [0.4, 0.5) is 10.1 Å². The minimum atomic E-state index is -0.851. The van der Waals surface area contributed by atoms with Gasteiger partial charge in [0.15, 0.2) is 0 Å². The van der Waals surface area contributed by atoms with E-state index in [1.54, 1.807) is 27.9 Å². The summed E-state index contributed by atoms with van der Waals surface area (Å²) in [6, 6.07) is 4.53. The molecule has 4 atom stereocenters. The Morgan fingerprint density at radius 1 is 0.875 bits per heavy atom. The van der Waals surface area contributed by atoms with Crippen LogP contribution in [0.25, 0.3) is 0 Å². The maximum Gasteiger partial charge on any atom is 0.270 e. The molecule has 0 spiro atoms. The third-order valence-corrected chi connectivity index (χ3v) is 10.9. The molecule has 12 heteroatoms. The van der Waals surface area contributed by atoms with E-state index in [0.717, 1.165) is 51.6 Å². The molecular formula is C36H50FN7O4. The van der Waals surface area contributed by atoms with Crippen molar-refractivity contribution in [3.05, 3.63) is 47.5 Å². The number of piperazine rings is 1.